The van der Waals surface area contributed by atoms with Crippen LogP contribution in [0.3, 0.4) is 0 Å². The van der Waals surface area contributed by atoms with Gasteiger partial charge in [-0.15, -0.1) is 0 Å². The third-order valence-corrected chi connectivity index (χ3v) is 2.87. The van der Waals surface area contributed by atoms with E-state index in [-0.39, 0.29) is 11.0 Å². The number of ether oxygens (including phenoxy) is 1. The van der Waals surface area contributed by atoms with Gasteiger partial charge in [0.2, 0.25) is 5.43 Å². The van der Waals surface area contributed by atoms with Crippen LogP contribution in [0.4, 0.5) is 0 Å². The Balaban J connectivity index is 2.22. The number of pyridine rings is 2. The maximum Gasteiger partial charge on any atom is 0.250 e. The van der Waals surface area contributed by atoms with Crippen LogP contribution in [0.5, 0.6) is 5.75 Å². The number of aromatic amines is 1. The van der Waals surface area contributed by atoms with Crippen molar-refractivity contribution in [3.05, 3.63) is 62.4 Å². The number of aromatic nitrogens is 2. The minimum absolute atomic E-state index is 0.0947. The molecule has 0 fully saturated rings. The lowest BCUT2D eigenvalue weighted by Crippen LogP contribution is -2.21. The van der Waals surface area contributed by atoms with Crippen molar-refractivity contribution in [2.75, 3.05) is 6.61 Å². The van der Waals surface area contributed by atoms with Crippen LogP contribution >= 0.6 is 0 Å². The van der Waals surface area contributed by atoms with Crippen molar-refractivity contribution >= 4 is 0 Å². The molecule has 0 spiro atoms. The molecule has 0 unspecified atom stereocenters. The van der Waals surface area contributed by atoms with E-state index in [1.807, 2.05) is 13.8 Å². The second-order valence-electron chi connectivity index (χ2n) is 4.71. The summed E-state index contributed by atoms with van der Waals surface area (Å²) in [5, 5.41) is 0. The summed E-state index contributed by atoms with van der Waals surface area (Å²) in [5.41, 5.74) is 1.40. The van der Waals surface area contributed by atoms with Crippen molar-refractivity contribution in [3.8, 4) is 5.75 Å². The van der Waals surface area contributed by atoms with Crippen LogP contribution in [0.25, 0.3) is 0 Å². The van der Waals surface area contributed by atoms with Gasteiger partial charge in [0.15, 0.2) is 5.75 Å². The molecule has 2 rings (SSSR count). The first-order chi connectivity index (χ1) is 9.60. The van der Waals surface area contributed by atoms with Gasteiger partial charge in [-0.05, 0) is 18.9 Å². The van der Waals surface area contributed by atoms with Crippen molar-refractivity contribution in [3.63, 3.8) is 0 Å². The molecule has 0 saturated carbocycles. The first-order valence-corrected chi connectivity index (χ1v) is 6.61. The van der Waals surface area contributed by atoms with Gasteiger partial charge in [-0.25, -0.2) is 0 Å². The molecular weight excluding hydrogens is 256 g/mol. The lowest BCUT2D eigenvalue weighted by molar-refractivity contribution is 0.313. The van der Waals surface area contributed by atoms with E-state index in [9.17, 15) is 9.59 Å². The maximum absolute atomic E-state index is 11.9. The molecule has 0 aliphatic carbocycles. The zero-order chi connectivity index (χ0) is 14.5. The van der Waals surface area contributed by atoms with Gasteiger partial charge in [-0.2, -0.15) is 0 Å². The van der Waals surface area contributed by atoms with E-state index in [2.05, 4.69) is 4.98 Å². The zero-order valence-corrected chi connectivity index (χ0v) is 11.7. The van der Waals surface area contributed by atoms with Gasteiger partial charge in [-0.3, -0.25) is 9.59 Å². The van der Waals surface area contributed by atoms with Crippen molar-refractivity contribution in [2.45, 2.75) is 26.8 Å². The summed E-state index contributed by atoms with van der Waals surface area (Å²) < 4.78 is 6.88. The van der Waals surface area contributed by atoms with Crippen LogP contribution in [0.1, 0.15) is 24.6 Å². The highest BCUT2D eigenvalue weighted by molar-refractivity contribution is 5.21. The first kappa shape index (κ1) is 14.1. The first-order valence-electron chi connectivity index (χ1n) is 6.61. The Bertz CT molecular complexity index is 701. The molecule has 5 nitrogen and oxygen atoms in total. The summed E-state index contributed by atoms with van der Waals surface area (Å²) in [4.78, 5) is 26.6. The Hall–Kier alpha value is -2.30. The average molecular weight is 274 g/mol. The Morgan fingerprint density at radius 3 is 2.80 bits per heavy atom. The van der Waals surface area contributed by atoms with Gasteiger partial charge in [0.05, 0.1) is 13.2 Å². The Morgan fingerprint density at radius 1 is 1.30 bits per heavy atom. The molecule has 5 heteroatoms. The fourth-order valence-corrected chi connectivity index (χ4v) is 1.87. The molecule has 2 aromatic heterocycles. The Morgan fingerprint density at radius 2 is 2.10 bits per heavy atom. The molecule has 0 radical (unpaired) electrons. The monoisotopic (exact) mass is 274 g/mol. The molecule has 0 atom stereocenters. The molecule has 0 amide bonds. The number of hydrogen-bond donors (Lipinski definition) is 1. The van der Waals surface area contributed by atoms with Crippen molar-refractivity contribution < 1.29 is 4.74 Å². The molecule has 0 aliphatic heterocycles. The summed E-state index contributed by atoms with van der Waals surface area (Å²) in [6, 6.07) is 4.76. The topological polar surface area (TPSA) is 64.1 Å². The van der Waals surface area contributed by atoms with Gasteiger partial charge < -0.3 is 14.3 Å². The van der Waals surface area contributed by atoms with Gasteiger partial charge in [0.1, 0.15) is 0 Å². The fraction of sp³-hybridized carbons (Fsp3) is 0.333. The van der Waals surface area contributed by atoms with E-state index in [4.69, 9.17) is 4.74 Å². The highest BCUT2D eigenvalue weighted by Gasteiger charge is 2.04. The number of hydrogen-bond acceptors (Lipinski definition) is 3. The third kappa shape index (κ3) is 3.38. The molecule has 0 aliphatic rings. The number of nitrogens with one attached hydrogen (secondary N) is 1. The highest BCUT2D eigenvalue weighted by atomic mass is 16.5. The van der Waals surface area contributed by atoms with Gasteiger partial charge in [0.25, 0.3) is 5.56 Å². The molecule has 0 aromatic carbocycles. The standard InChI is InChI=1S/C15H18N2O3/c1-3-6-20-14-8-16-12(7-13(14)18)10-17-9-11(2)4-5-15(17)19/h4-5,7-9H,3,6,10H2,1-2H3,(H,16,18). The Labute approximate surface area is 116 Å². The Kier molecular flexibility index (Phi) is 4.40. The van der Waals surface area contributed by atoms with Crippen molar-refractivity contribution in [1.29, 1.82) is 0 Å². The molecular formula is C15H18N2O3. The van der Waals surface area contributed by atoms with Gasteiger partial charge >= 0.3 is 0 Å². The molecule has 2 heterocycles. The van der Waals surface area contributed by atoms with E-state index in [0.29, 0.717) is 24.6 Å². The van der Waals surface area contributed by atoms with Gasteiger partial charge in [0, 0.05) is 30.2 Å². The molecule has 106 valence electrons. The number of nitrogens with zero attached hydrogens (tertiary/aromatic N) is 1. The van der Waals surface area contributed by atoms with Crippen LogP contribution in [0.15, 0.2) is 40.2 Å². The van der Waals surface area contributed by atoms with E-state index in [0.717, 1.165) is 12.0 Å². The van der Waals surface area contributed by atoms with E-state index < -0.39 is 0 Å². The smallest absolute Gasteiger partial charge is 0.250 e. The summed E-state index contributed by atoms with van der Waals surface area (Å²) >= 11 is 0. The van der Waals surface area contributed by atoms with Crippen LogP contribution in [-0.2, 0) is 6.54 Å². The highest BCUT2D eigenvalue weighted by Crippen LogP contribution is 2.04. The maximum atomic E-state index is 11.9. The molecule has 0 bridgehead atoms. The predicted octanol–water partition coefficient (Wildman–Crippen LogP) is 1.68. The largest absolute Gasteiger partial charge is 0.488 e. The van der Waals surface area contributed by atoms with E-state index in [1.165, 1.54) is 12.1 Å². The van der Waals surface area contributed by atoms with Crippen LogP contribution in [0, 0.1) is 6.92 Å². The predicted molar refractivity (Wildman–Crippen MR) is 77.4 cm³/mol. The van der Waals surface area contributed by atoms with Crippen molar-refractivity contribution in [2.24, 2.45) is 0 Å². The summed E-state index contributed by atoms with van der Waals surface area (Å²) in [6.07, 6.45) is 4.16. The summed E-state index contributed by atoms with van der Waals surface area (Å²) in [6.45, 7) is 4.75. The lowest BCUT2D eigenvalue weighted by atomic mass is 10.3. The lowest BCUT2D eigenvalue weighted by Gasteiger charge is -2.08. The summed E-state index contributed by atoms with van der Waals surface area (Å²) in [5.74, 6) is 0.312. The van der Waals surface area contributed by atoms with E-state index in [1.54, 1.807) is 23.0 Å². The number of rotatable bonds is 5. The molecule has 2 aromatic rings. The average Bonchev–Trinajstić information content (AvgIpc) is 2.42. The third-order valence-electron chi connectivity index (χ3n) is 2.87. The van der Waals surface area contributed by atoms with Crippen LogP contribution in [0.2, 0.25) is 0 Å². The normalized spacial score (nSPS) is 10.5. The zero-order valence-electron chi connectivity index (χ0n) is 11.7. The second kappa shape index (κ2) is 6.23. The SMILES string of the molecule is CCCOc1c[nH]c(Cn2cc(C)ccc2=O)cc1=O. The van der Waals surface area contributed by atoms with Gasteiger partial charge in [-0.1, -0.05) is 13.0 Å². The van der Waals surface area contributed by atoms with Crippen LogP contribution in [-0.4, -0.2) is 16.2 Å². The quantitative estimate of drug-likeness (QED) is 0.902. The number of aryl methyl sites for hydroxylation is 1. The summed E-state index contributed by atoms with van der Waals surface area (Å²) in [7, 11) is 0. The second-order valence-corrected chi connectivity index (χ2v) is 4.71. The molecule has 20 heavy (non-hydrogen) atoms. The fourth-order valence-electron chi connectivity index (χ4n) is 1.87. The van der Waals surface area contributed by atoms with E-state index >= 15 is 0 Å². The number of H-pyrrole nitrogens is 1. The minimum Gasteiger partial charge on any atom is -0.488 e. The minimum atomic E-state index is -0.173. The van der Waals surface area contributed by atoms with Crippen molar-refractivity contribution in [1.82, 2.24) is 9.55 Å². The molecule has 0 saturated heterocycles. The van der Waals surface area contributed by atoms with Crippen LogP contribution < -0.4 is 15.7 Å². The molecule has 1 N–H and O–H groups in total.